The first kappa shape index (κ1) is 11.7. The van der Waals surface area contributed by atoms with Crippen LogP contribution in [0.3, 0.4) is 0 Å². The van der Waals surface area contributed by atoms with Crippen LogP contribution in [-0.2, 0) is 9.84 Å². The Hall–Kier alpha value is -0.350. The summed E-state index contributed by atoms with van der Waals surface area (Å²) >= 11 is 3.38. The summed E-state index contributed by atoms with van der Waals surface area (Å²) < 4.78 is 22.6. The normalized spacial score (nSPS) is 13.9. The van der Waals surface area contributed by atoms with Gasteiger partial charge >= 0.3 is 0 Å². The Morgan fingerprint density at radius 2 is 2.07 bits per heavy atom. The van der Waals surface area contributed by atoms with Crippen LogP contribution in [0.2, 0.25) is 0 Å². The molecular formula is C10H13BrO2S. The van der Waals surface area contributed by atoms with Crippen LogP contribution in [0, 0.1) is 0 Å². The molecule has 1 atom stereocenters. The molecule has 0 aliphatic carbocycles. The topological polar surface area (TPSA) is 34.1 Å². The molecule has 0 aliphatic heterocycles. The lowest BCUT2D eigenvalue weighted by Gasteiger charge is -2.08. The van der Waals surface area contributed by atoms with Crippen LogP contribution in [0.4, 0.5) is 0 Å². The summed E-state index contributed by atoms with van der Waals surface area (Å²) in [6.45, 7) is 2.05. The molecule has 0 heterocycles. The number of rotatable bonds is 3. The van der Waals surface area contributed by atoms with Crippen LogP contribution < -0.4 is 0 Å². The van der Waals surface area contributed by atoms with Gasteiger partial charge in [-0.05, 0) is 23.6 Å². The van der Waals surface area contributed by atoms with Crippen LogP contribution in [0.5, 0.6) is 0 Å². The maximum absolute atomic E-state index is 11.3. The van der Waals surface area contributed by atoms with E-state index in [-0.39, 0.29) is 0 Å². The lowest BCUT2D eigenvalue weighted by atomic mass is 10.0. The van der Waals surface area contributed by atoms with Crippen molar-refractivity contribution in [1.82, 2.24) is 0 Å². The minimum Gasteiger partial charge on any atom is -0.224 e. The Bertz CT molecular complexity index is 412. The lowest BCUT2D eigenvalue weighted by molar-refractivity contribution is 0.601. The van der Waals surface area contributed by atoms with Gasteiger partial charge in [0.1, 0.15) is 0 Å². The van der Waals surface area contributed by atoms with Crippen molar-refractivity contribution < 1.29 is 8.42 Å². The summed E-state index contributed by atoms with van der Waals surface area (Å²) in [6.07, 6.45) is 1.23. The average molecular weight is 277 g/mol. The van der Waals surface area contributed by atoms with Crippen molar-refractivity contribution in [2.24, 2.45) is 0 Å². The number of hydrogen-bond donors (Lipinski definition) is 0. The second-order valence-electron chi connectivity index (χ2n) is 3.40. The smallest absolute Gasteiger partial charge is 0.175 e. The van der Waals surface area contributed by atoms with E-state index in [0.717, 1.165) is 10.9 Å². The number of alkyl halides is 1. The SMILES string of the molecule is CC(CBr)c1cccc(S(C)(=O)=O)c1. The third-order valence-electron chi connectivity index (χ3n) is 2.09. The summed E-state index contributed by atoms with van der Waals surface area (Å²) in [5.74, 6) is 0.330. The Morgan fingerprint density at radius 1 is 1.43 bits per heavy atom. The standard InChI is InChI=1S/C10H13BrO2S/c1-8(7-11)9-4-3-5-10(6-9)14(2,12)13/h3-6,8H,7H2,1-2H3. The highest BCUT2D eigenvalue weighted by molar-refractivity contribution is 9.09. The first-order valence-corrected chi connectivity index (χ1v) is 7.32. The Balaban J connectivity index is 3.14. The molecule has 4 heteroatoms. The molecule has 78 valence electrons. The van der Waals surface area contributed by atoms with E-state index in [2.05, 4.69) is 22.9 Å². The molecule has 1 aromatic carbocycles. The minimum absolute atomic E-state index is 0.330. The molecule has 14 heavy (non-hydrogen) atoms. The molecule has 0 radical (unpaired) electrons. The van der Waals surface area contributed by atoms with Crippen molar-refractivity contribution in [2.75, 3.05) is 11.6 Å². The molecule has 2 nitrogen and oxygen atoms in total. The van der Waals surface area contributed by atoms with Crippen LogP contribution in [0.25, 0.3) is 0 Å². The van der Waals surface area contributed by atoms with E-state index < -0.39 is 9.84 Å². The van der Waals surface area contributed by atoms with Crippen LogP contribution in [0.15, 0.2) is 29.2 Å². The molecule has 0 saturated heterocycles. The fourth-order valence-electron chi connectivity index (χ4n) is 1.14. The van der Waals surface area contributed by atoms with Crippen LogP contribution in [-0.4, -0.2) is 20.0 Å². The number of benzene rings is 1. The summed E-state index contributed by atoms with van der Waals surface area (Å²) in [7, 11) is -3.08. The molecule has 0 aliphatic rings. The Morgan fingerprint density at radius 3 is 2.57 bits per heavy atom. The van der Waals surface area contributed by atoms with Crippen molar-refractivity contribution >= 4 is 25.8 Å². The zero-order chi connectivity index (χ0) is 10.8. The molecule has 0 N–H and O–H groups in total. The van der Waals surface area contributed by atoms with Crippen molar-refractivity contribution in [1.29, 1.82) is 0 Å². The third kappa shape index (κ3) is 2.82. The average Bonchev–Trinajstić information content (AvgIpc) is 2.15. The van der Waals surface area contributed by atoms with Crippen LogP contribution >= 0.6 is 15.9 Å². The maximum atomic E-state index is 11.3. The summed E-state index contributed by atoms with van der Waals surface area (Å²) in [5, 5.41) is 0.834. The molecule has 0 amide bonds. The molecule has 0 aromatic heterocycles. The van der Waals surface area contributed by atoms with Gasteiger partial charge in [-0.25, -0.2) is 8.42 Å². The van der Waals surface area contributed by atoms with Gasteiger partial charge in [0.2, 0.25) is 0 Å². The molecule has 0 saturated carbocycles. The zero-order valence-electron chi connectivity index (χ0n) is 8.20. The highest BCUT2D eigenvalue weighted by atomic mass is 79.9. The van der Waals surface area contributed by atoms with E-state index in [1.807, 2.05) is 6.07 Å². The monoisotopic (exact) mass is 276 g/mol. The van der Waals surface area contributed by atoms with E-state index in [9.17, 15) is 8.42 Å². The van der Waals surface area contributed by atoms with Gasteiger partial charge in [-0.2, -0.15) is 0 Å². The van der Waals surface area contributed by atoms with Gasteiger partial charge < -0.3 is 0 Å². The minimum atomic E-state index is -3.08. The zero-order valence-corrected chi connectivity index (χ0v) is 10.6. The molecule has 0 bridgehead atoms. The van der Waals surface area contributed by atoms with Crippen LogP contribution in [0.1, 0.15) is 18.4 Å². The summed E-state index contributed by atoms with van der Waals surface area (Å²) in [6, 6.07) is 7.09. The summed E-state index contributed by atoms with van der Waals surface area (Å²) in [4.78, 5) is 0.391. The second kappa shape index (κ2) is 4.45. The quantitative estimate of drug-likeness (QED) is 0.796. The fourth-order valence-corrected chi connectivity index (χ4v) is 2.19. The van der Waals surface area contributed by atoms with Gasteiger partial charge in [-0.1, -0.05) is 35.0 Å². The molecule has 0 fully saturated rings. The summed E-state index contributed by atoms with van der Waals surface area (Å²) in [5.41, 5.74) is 1.05. The van der Waals surface area contributed by atoms with Gasteiger partial charge in [0, 0.05) is 11.6 Å². The molecule has 1 unspecified atom stereocenters. The number of halogens is 1. The van der Waals surface area contributed by atoms with Gasteiger partial charge in [-0.3, -0.25) is 0 Å². The highest BCUT2D eigenvalue weighted by Crippen LogP contribution is 2.20. The van der Waals surface area contributed by atoms with Crippen molar-refractivity contribution in [3.05, 3.63) is 29.8 Å². The second-order valence-corrected chi connectivity index (χ2v) is 6.06. The number of hydrogen-bond acceptors (Lipinski definition) is 2. The van der Waals surface area contributed by atoms with Gasteiger partial charge in [0.25, 0.3) is 0 Å². The van der Waals surface area contributed by atoms with E-state index in [0.29, 0.717) is 10.8 Å². The first-order chi connectivity index (χ1) is 6.45. The van der Waals surface area contributed by atoms with E-state index >= 15 is 0 Å². The predicted octanol–water partition coefficient (Wildman–Crippen LogP) is 2.59. The van der Waals surface area contributed by atoms with Crippen molar-refractivity contribution in [3.63, 3.8) is 0 Å². The predicted molar refractivity (Wildman–Crippen MR) is 61.8 cm³/mol. The Kier molecular flexibility index (Phi) is 3.72. The third-order valence-corrected chi connectivity index (χ3v) is 4.17. The maximum Gasteiger partial charge on any atom is 0.175 e. The van der Waals surface area contributed by atoms with Gasteiger partial charge in [-0.15, -0.1) is 0 Å². The largest absolute Gasteiger partial charge is 0.224 e. The lowest BCUT2D eigenvalue weighted by Crippen LogP contribution is -2.00. The van der Waals surface area contributed by atoms with E-state index in [1.54, 1.807) is 18.2 Å². The molecule has 1 aromatic rings. The molecule has 0 spiro atoms. The van der Waals surface area contributed by atoms with Gasteiger partial charge in [0.05, 0.1) is 4.90 Å². The molecule has 1 rings (SSSR count). The van der Waals surface area contributed by atoms with E-state index in [4.69, 9.17) is 0 Å². The Labute approximate surface area is 93.4 Å². The van der Waals surface area contributed by atoms with Gasteiger partial charge in [0.15, 0.2) is 9.84 Å². The number of sulfone groups is 1. The first-order valence-electron chi connectivity index (χ1n) is 4.31. The fraction of sp³-hybridized carbons (Fsp3) is 0.400. The van der Waals surface area contributed by atoms with E-state index in [1.165, 1.54) is 6.26 Å². The molecular weight excluding hydrogens is 264 g/mol. The highest BCUT2D eigenvalue weighted by Gasteiger charge is 2.09. The van der Waals surface area contributed by atoms with Crippen molar-refractivity contribution in [2.45, 2.75) is 17.7 Å². The van der Waals surface area contributed by atoms with Crippen molar-refractivity contribution in [3.8, 4) is 0 Å².